The quantitative estimate of drug-likeness (QED) is 0.449. The Balaban J connectivity index is 2.19. The Kier molecular flexibility index (Phi) is 2.44. The highest BCUT2D eigenvalue weighted by Gasteiger charge is 2.14. The van der Waals surface area contributed by atoms with E-state index >= 15 is 0 Å². The fourth-order valence-electron chi connectivity index (χ4n) is 1.01. The summed E-state index contributed by atoms with van der Waals surface area (Å²) in [4.78, 5) is 14.1. The zero-order valence-corrected chi connectivity index (χ0v) is 5.58. The third-order valence-corrected chi connectivity index (χ3v) is 1.48. The second-order valence-corrected chi connectivity index (χ2v) is 2.27. The van der Waals surface area contributed by atoms with E-state index < -0.39 is 5.09 Å². The fraction of sp³-hybridized carbons (Fsp3) is 1.00. The minimum absolute atomic E-state index is 0.372. The summed E-state index contributed by atoms with van der Waals surface area (Å²) < 4.78 is 0. The van der Waals surface area contributed by atoms with E-state index in [1.54, 1.807) is 0 Å². The van der Waals surface area contributed by atoms with E-state index in [9.17, 15) is 10.1 Å². The van der Waals surface area contributed by atoms with Crippen molar-refractivity contribution in [3.8, 4) is 0 Å². The molecule has 1 aliphatic rings. The smallest absolute Gasteiger partial charge is 0.295 e. The summed E-state index contributed by atoms with van der Waals surface area (Å²) in [6, 6.07) is 0. The number of rotatable bonds is 2. The number of nitrogens with one attached hydrogen (secondary N) is 1. The highest BCUT2D eigenvalue weighted by atomic mass is 17.0. The largest absolute Gasteiger partial charge is 0.296 e. The molecule has 5 heteroatoms. The predicted octanol–water partition coefficient (Wildman–Crippen LogP) is 0.294. The summed E-state index contributed by atoms with van der Waals surface area (Å²) in [5.74, 6) is 0. The molecule has 1 heterocycles. The summed E-state index contributed by atoms with van der Waals surface area (Å²) >= 11 is 0. The lowest BCUT2D eigenvalue weighted by Gasteiger charge is -2.20. The molecule has 1 unspecified atom stereocenters. The average molecular weight is 146 g/mol. The third kappa shape index (κ3) is 2.18. The van der Waals surface area contributed by atoms with Gasteiger partial charge < -0.3 is 0 Å². The van der Waals surface area contributed by atoms with Crippen LogP contribution >= 0.6 is 0 Å². The van der Waals surface area contributed by atoms with Crippen LogP contribution in [0.25, 0.3) is 0 Å². The van der Waals surface area contributed by atoms with Gasteiger partial charge in [0.1, 0.15) is 0 Å². The second-order valence-electron chi connectivity index (χ2n) is 2.27. The minimum atomic E-state index is -0.747. The topological polar surface area (TPSA) is 64.4 Å². The first-order valence-electron chi connectivity index (χ1n) is 3.33. The SMILES string of the molecule is O=[N+]([O-])OC1CCCCN1. The lowest BCUT2D eigenvalue weighted by molar-refractivity contribution is -0.770. The molecule has 0 bridgehead atoms. The Bertz CT molecular complexity index is 122. The van der Waals surface area contributed by atoms with Crippen LogP contribution in [0, 0.1) is 10.1 Å². The van der Waals surface area contributed by atoms with E-state index in [0.29, 0.717) is 0 Å². The molecule has 1 saturated heterocycles. The molecule has 1 fully saturated rings. The van der Waals surface area contributed by atoms with Gasteiger partial charge in [0.2, 0.25) is 0 Å². The van der Waals surface area contributed by atoms with Crippen LogP contribution < -0.4 is 5.32 Å². The van der Waals surface area contributed by atoms with Crippen molar-refractivity contribution in [3.63, 3.8) is 0 Å². The first kappa shape index (κ1) is 7.27. The van der Waals surface area contributed by atoms with Crippen molar-refractivity contribution in [2.75, 3.05) is 6.54 Å². The zero-order chi connectivity index (χ0) is 7.40. The van der Waals surface area contributed by atoms with Gasteiger partial charge in [0, 0.05) is 0 Å². The van der Waals surface area contributed by atoms with Crippen molar-refractivity contribution in [2.24, 2.45) is 0 Å². The first-order chi connectivity index (χ1) is 4.79. The van der Waals surface area contributed by atoms with Crippen LogP contribution in [-0.2, 0) is 4.84 Å². The van der Waals surface area contributed by atoms with Crippen molar-refractivity contribution < 1.29 is 9.92 Å². The maximum Gasteiger partial charge on any atom is 0.296 e. The molecule has 58 valence electrons. The number of piperidine rings is 1. The summed E-state index contributed by atoms with van der Waals surface area (Å²) in [5.41, 5.74) is 0. The van der Waals surface area contributed by atoms with Crippen LogP contribution in [-0.4, -0.2) is 17.9 Å². The van der Waals surface area contributed by atoms with Gasteiger partial charge in [-0.05, 0) is 25.8 Å². The Labute approximate surface area is 58.5 Å². The number of hydrogen-bond donors (Lipinski definition) is 1. The zero-order valence-electron chi connectivity index (χ0n) is 5.58. The molecule has 0 aromatic carbocycles. The Hall–Kier alpha value is -0.840. The highest BCUT2D eigenvalue weighted by molar-refractivity contribution is 4.61. The van der Waals surface area contributed by atoms with Gasteiger partial charge in [0.05, 0.1) is 0 Å². The van der Waals surface area contributed by atoms with Crippen LogP contribution in [0.3, 0.4) is 0 Å². The van der Waals surface area contributed by atoms with Gasteiger partial charge in [-0.3, -0.25) is 10.2 Å². The molecular weight excluding hydrogens is 136 g/mol. The molecule has 1 aliphatic heterocycles. The van der Waals surface area contributed by atoms with Gasteiger partial charge in [0.15, 0.2) is 6.23 Å². The molecule has 1 rings (SSSR count). The first-order valence-corrected chi connectivity index (χ1v) is 3.33. The van der Waals surface area contributed by atoms with Gasteiger partial charge in [-0.2, -0.15) is 0 Å². The molecule has 1 N–H and O–H groups in total. The maximum atomic E-state index is 9.81. The Morgan fingerprint density at radius 2 is 2.40 bits per heavy atom. The van der Waals surface area contributed by atoms with E-state index in [4.69, 9.17) is 0 Å². The van der Waals surface area contributed by atoms with E-state index in [1.807, 2.05) is 0 Å². The lowest BCUT2D eigenvalue weighted by Crippen LogP contribution is -2.37. The van der Waals surface area contributed by atoms with Crippen LogP contribution in [0.5, 0.6) is 0 Å². The van der Waals surface area contributed by atoms with Crippen molar-refractivity contribution >= 4 is 0 Å². The highest BCUT2D eigenvalue weighted by Crippen LogP contribution is 2.07. The van der Waals surface area contributed by atoms with E-state index in [2.05, 4.69) is 10.2 Å². The predicted molar refractivity (Wildman–Crippen MR) is 33.7 cm³/mol. The van der Waals surface area contributed by atoms with E-state index in [-0.39, 0.29) is 6.23 Å². The normalized spacial score (nSPS) is 25.8. The van der Waals surface area contributed by atoms with E-state index in [1.165, 1.54) is 0 Å². The molecule has 0 aliphatic carbocycles. The molecule has 1 atom stereocenters. The molecule has 10 heavy (non-hydrogen) atoms. The second kappa shape index (κ2) is 3.36. The summed E-state index contributed by atoms with van der Waals surface area (Å²) in [5, 5.41) is 12.0. The van der Waals surface area contributed by atoms with Crippen molar-refractivity contribution in [3.05, 3.63) is 10.1 Å². The molecule has 0 aromatic rings. The summed E-state index contributed by atoms with van der Waals surface area (Å²) in [6.07, 6.45) is 2.45. The summed E-state index contributed by atoms with van der Waals surface area (Å²) in [7, 11) is 0. The van der Waals surface area contributed by atoms with Crippen molar-refractivity contribution in [1.29, 1.82) is 0 Å². The fourth-order valence-corrected chi connectivity index (χ4v) is 1.01. The summed E-state index contributed by atoms with van der Waals surface area (Å²) in [6.45, 7) is 0.818. The van der Waals surface area contributed by atoms with Gasteiger partial charge in [-0.15, -0.1) is 10.1 Å². The van der Waals surface area contributed by atoms with Crippen LogP contribution in [0.1, 0.15) is 19.3 Å². The Morgan fingerprint density at radius 3 is 2.90 bits per heavy atom. The lowest BCUT2D eigenvalue weighted by atomic mass is 10.1. The van der Waals surface area contributed by atoms with Gasteiger partial charge in [0.25, 0.3) is 5.09 Å². The van der Waals surface area contributed by atoms with Crippen molar-refractivity contribution in [2.45, 2.75) is 25.5 Å². The van der Waals surface area contributed by atoms with Crippen LogP contribution in [0.2, 0.25) is 0 Å². The van der Waals surface area contributed by atoms with Crippen LogP contribution in [0.15, 0.2) is 0 Å². The average Bonchev–Trinajstić information content (AvgIpc) is 1.88. The maximum absolute atomic E-state index is 9.81. The Morgan fingerprint density at radius 1 is 1.60 bits per heavy atom. The number of nitrogens with zero attached hydrogens (tertiary/aromatic N) is 1. The van der Waals surface area contributed by atoms with Gasteiger partial charge in [-0.1, -0.05) is 0 Å². The molecular formula is C5H10N2O3. The monoisotopic (exact) mass is 146 g/mol. The standard InChI is InChI=1S/C5H10N2O3/c8-7(9)10-5-3-1-2-4-6-5/h5-6H,1-4H2. The third-order valence-electron chi connectivity index (χ3n) is 1.48. The molecule has 5 nitrogen and oxygen atoms in total. The van der Waals surface area contributed by atoms with Gasteiger partial charge >= 0.3 is 0 Å². The molecule has 0 radical (unpaired) electrons. The number of hydrogen-bond acceptors (Lipinski definition) is 4. The van der Waals surface area contributed by atoms with Crippen molar-refractivity contribution in [1.82, 2.24) is 5.32 Å². The van der Waals surface area contributed by atoms with E-state index in [0.717, 1.165) is 25.8 Å². The van der Waals surface area contributed by atoms with Crippen LogP contribution in [0.4, 0.5) is 0 Å². The molecule has 0 amide bonds. The minimum Gasteiger partial charge on any atom is -0.295 e. The molecule has 0 saturated carbocycles. The van der Waals surface area contributed by atoms with Gasteiger partial charge in [-0.25, -0.2) is 0 Å². The molecule has 0 aromatic heterocycles. The molecule has 0 spiro atoms.